The summed E-state index contributed by atoms with van der Waals surface area (Å²) in [6.45, 7) is 7.37. The number of anilines is 2. The van der Waals surface area contributed by atoms with E-state index in [1.165, 1.54) is 11.3 Å². The zero-order valence-corrected chi connectivity index (χ0v) is 14.2. The lowest BCUT2D eigenvalue weighted by atomic mass is 9.75. The van der Waals surface area contributed by atoms with Crippen LogP contribution in [0.2, 0.25) is 0 Å². The standard InChI is InChI=1S/C15H26N4OS/c1-5-17-14-18-12(16)11(21-14)13(20)19(4)10-6-8-15(2,3)9-7-10/h10H,5-9,16H2,1-4H3,(H,17,18). The largest absolute Gasteiger partial charge is 0.382 e. The molecule has 1 aliphatic rings. The molecule has 0 bridgehead atoms. The van der Waals surface area contributed by atoms with Crippen LogP contribution < -0.4 is 11.1 Å². The van der Waals surface area contributed by atoms with Gasteiger partial charge in [0.25, 0.3) is 5.91 Å². The molecular weight excluding hydrogens is 284 g/mol. The van der Waals surface area contributed by atoms with Crippen LogP contribution in [0.3, 0.4) is 0 Å². The van der Waals surface area contributed by atoms with Gasteiger partial charge in [-0.25, -0.2) is 4.98 Å². The van der Waals surface area contributed by atoms with Gasteiger partial charge in [-0.1, -0.05) is 25.2 Å². The van der Waals surface area contributed by atoms with E-state index in [9.17, 15) is 4.79 Å². The van der Waals surface area contributed by atoms with Crippen molar-refractivity contribution < 1.29 is 4.79 Å². The number of nitrogens with two attached hydrogens (primary N) is 1. The lowest BCUT2D eigenvalue weighted by molar-refractivity contribution is 0.0641. The Morgan fingerprint density at radius 1 is 1.48 bits per heavy atom. The van der Waals surface area contributed by atoms with Crippen LogP contribution in [0.1, 0.15) is 56.1 Å². The highest BCUT2D eigenvalue weighted by Gasteiger charge is 2.32. The van der Waals surface area contributed by atoms with Gasteiger partial charge in [0, 0.05) is 19.6 Å². The summed E-state index contributed by atoms with van der Waals surface area (Å²) in [5, 5.41) is 3.83. The average molecular weight is 310 g/mol. The van der Waals surface area contributed by atoms with E-state index in [4.69, 9.17) is 5.73 Å². The second-order valence-electron chi connectivity index (χ2n) is 6.58. The molecule has 0 spiro atoms. The number of aromatic nitrogens is 1. The van der Waals surface area contributed by atoms with E-state index in [1.54, 1.807) is 0 Å². The van der Waals surface area contributed by atoms with Crippen molar-refractivity contribution in [1.82, 2.24) is 9.88 Å². The van der Waals surface area contributed by atoms with Crippen LogP contribution in [-0.2, 0) is 0 Å². The highest BCUT2D eigenvalue weighted by molar-refractivity contribution is 7.18. The predicted octanol–water partition coefficient (Wildman–Crippen LogP) is 3.20. The molecule has 1 amide bonds. The number of hydrogen-bond acceptors (Lipinski definition) is 5. The Kier molecular flexibility index (Phi) is 4.76. The fraction of sp³-hybridized carbons (Fsp3) is 0.733. The molecule has 21 heavy (non-hydrogen) atoms. The van der Waals surface area contributed by atoms with E-state index >= 15 is 0 Å². The lowest BCUT2D eigenvalue weighted by Crippen LogP contribution is -2.40. The quantitative estimate of drug-likeness (QED) is 0.896. The third kappa shape index (κ3) is 3.67. The number of carbonyl (C=O) groups is 1. The van der Waals surface area contributed by atoms with E-state index in [-0.39, 0.29) is 5.91 Å². The SMILES string of the molecule is CCNc1nc(N)c(C(=O)N(C)C2CCC(C)(C)CC2)s1. The summed E-state index contributed by atoms with van der Waals surface area (Å²) in [4.78, 5) is 19.3. The molecule has 0 aromatic carbocycles. The molecule has 118 valence electrons. The van der Waals surface area contributed by atoms with Gasteiger partial charge in [-0.2, -0.15) is 0 Å². The molecule has 1 aliphatic carbocycles. The number of carbonyl (C=O) groups excluding carboxylic acids is 1. The van der Waals surface area contributed by atoms with Crippen molar-refractivity contribution in [1.29, 1.82) is 0 Å². The van der Waals surface area contributed by atoms with Gasteiger partial charge >= 0.3 is 0 Å². The van der Waals surface area contributed by atoms with Crippen molar-refractivity contribution in [3.05, 3.63) is 4.88 Å². The topological polar surface area (TPSA) is 71.2 Å². The van der Waals surface area contributed by atoms with E-state index in [2.05, 4.69) is 24.1 Å². The van der Waals surface area contributed by atoms with Crippen molar-refractivity contribution in [2.45, 2.75) is 52.5 Å². The summed E-state index contributed by atoms with van der Waals surface area (Å²) < 4.78 is 0. The van der Waals surface area contributed by atoms with Crippen LogP contribution >= 0.6 is 11.3 Å². The molecule has 2 rings (SSSR count). The fourth-order valence-electron chi connectivity index (χ4n) is 2.81. The van der Waals surface area contributed by atoms with Crippen LogP contribution in [0.15, 0.2) is 0 Å². The van der Waals surface area contributed by atoms with Crippen LogP contribution in [0, 0.1) is 5.41 Å². The molecule has 1 heterocycles. The van der Waals surface area contributed by atoms with Crippen molar-refractivity contribution in [3.63, 3.8) is 0 Å². The molecule has 0 radical (unpaired) electrons. The first-order valence-electron chi connectivity index (χ1n) is 7.61. The summed E-state index contributed by atoms with van der Waals surface area (Å²) in [5.41, 5.74) is 6.30. The summed E-state index contributed by atoms with van der Waals surface area (Å²) in [6.07, 6.45) is 4.45. The van der Waals surface area contributed by atoms with Crippen LogP contribution in [0.25, 0.3) is 0 Å². The second kappa shape index (κ2) is 6.22. The zero-order valence-electron chi connectivity index (χ0n) is 13.4. The highest BCUT2D eigenvalue weighted by Crippen LogP contribution is 2.37. The molecule has 1 fully saturated rings. The van der Waals surface area contributed by atoms with Crippen LogP contribution in [-0.4, -0.2) is 35.4 Å². The van der Waals surface area contributed by atoms with Crippen molar-refractivity contribution in [3.8, 4) is 0 Å². The Bertz CT molecular complexity index is 502. The van der Waals surface area contributed by atoms with E-state index in [1.807, 2.05) is 18.9 Å². The smallest absolute Gasteiger partial charge is 0.267 e. The summed E-state index contributed by atoms with van der Waals surface area (Å²) >= 11 is 1.35. The third-order valence-corrected chi connectivity index (χ3v) is 5.37. The number of nitrogens with one attached hydrogen (secondary N) is 1. The number of thiazole rings is 1. The number of amides is 1. The van der Waals surface area contributed by atoms with Crippen LogP contribution in [0.5, 0.6) is 0 Å². The van der Waals surface area contributed by atoms with Gasteiger partial charge in [0.05, 0.1) is 0 Å². The maximum Gasteiger partial charge on any atom is 0.267 e. The number of nitrogens with zero attached hydrogens (tertiary/aromatic N) is 2. The Balaban J connectivity index is 2.05. The molecule has 1 aromatic rings. The summed E-state index contributed by atoms with van der Waals surface area (Å²) in [6, 6.07) is 0.314. The molecule has 1 saturated carbocycles. The summed E-state index contributed by atoms with van der Waals surface area (Å²) in [7, 11) is 1.89. The lowest BCUT2D eigenvalue weighted by Gasteiger charge is -2.38. The molecule has 0 unspecified atom stereocenters. The Morgan fingerprint density at radius 3 is 2.67 bits per heavy atom. The van der Waals surface area contributed by atoms with Gasteiger partial charge in [-0.15, -0.1) is 0 Å². The monoisotopic (exact) mass is 310 g/mol. The molecule has 0 atom stereocenters. The second-order valence-corrected chi connectivity index (χ2v) is 7.57. The highest BCUT2D eigenvalue weighted by atomic mass is 32.1. The molecule has 6 heteroatoms. The normalized spacial score (nSPS) is 18.5. The van der Waals surface area contributed by atoms with Crippen molar-refractivity contribution in [2.24, 2.45) is 5.41 Å². The molecule has 1 aromatic heterocycles. The molecule has 0 saturated heterocycles. The van der Waals surface area contributed by atoms with Gasteiger partial charge in [0.1, 0.15) is 10.7 Å². The Hall–Kier alpha value is -1.30. The van der Waals surface area contributed by atoms with Gasteiger partial charge in [0.2, 0.25) is 0 Å². The molecule has 0 aliphatic heterocycles. The van der Waals surface area contributed by atoms with E-state index < -0.39 is 0 Å². The Labute approximate surface area is 130 Å². The van der Waals surface area contributed by atoms with Gasteiger partial charge in [-0.05, 0) is 38.0 Å². The molecule has 3 N–H and O–H groups in total. The maximum atomic E-state index is 12.6. The van der Waals surface area contributed by atoms with Crippen molar-refractivity contribution in [2.75, 3.05) is 24.6 Å². The third-order valence-electron chi connectivity index (χ3n) is 4.35. The van der Waals surface area contributed by atoms with E-state index in [0.29, 0.717) is 22.2 Å². The average Bonchev–Trinajstić information content (AvgIpc) is 2.78. The van der Waals surface area contributed by atoms with Gasteiger partial charge < -0.3 is 16.0 Å². The fourth-order valence-corrected chi connectivity index (χ4v) is 3.74. The minimum atomic E-state index is -0.00106. The van der Waals surface area contributed by atoms with Gasteiger partial charge in [-0.3, -0.25) is 4.79 Å². The number of hydrogen-bond donors (Lipinski definition) is 2. The Morgan fingerprint density at radius 2 is 2.10 bits per heavy atom. The minimum absolute atomic E-state index is 0.00106. The minimum Gasteiger partial charge on any atom is -0.382 e. The molecular formula is C15H26N4OS. The number of rotatable bonds is 4. The summed E-state index contributed by atoms with van der Waals surface area (Å²) in [5.74, 6) is 0.336. The molecule has 5 nitrogen and oxygen atoms in total. The van der Waals surface area contributed by atoms with Gasteiger partial charge in [0.15, 0.2) is 5.13 Å². The number of nitrogen functional groups attached to an aromatic ring is 1. The zero-order chi connectivity index (χ0) is 15.6. The first-order chi connectivity index (χ1) is 9.84. The van der Waals surface area contributed by atoms with E-state index in [0.717, 1.165) is 37.4 Å². The van der Waals surface area contributed by atoms with Crippen molar-refractivity contribution >= 4 is 28.2 Å². The van der Waals surface area contributed by atoms with Crippen LogP contribution in [0.4, 0.5) is 10.9 Å². The first kappa shape index (κ1) is 16.1. The first-order valence-corrected chi connectivity index (χ1v) is 8.43. The maximum absolute atomic E-state index is 12.6. The predicted molar refractivity (Wildman–Crippen MR) is 88.8 cm³/mol.